The molecule has 6 rings (SSSR count). The van der Waals surface area contributed by atoms with Crippen LogP contribution in [-0.4, -0.2) is 15.0 Å². The Bertz CT molecular complexity index is 1670. The first kappa shape index (κ1) is 35.8. The van der Waals surface area contributed by atoms with Gasteiger partial charge in [0.25, 0.3) is 0 Å². The molecule has 0 N–H and O–H groups in total. The summed E-state index contributed by atoms with van der Waals surface area (Å²) in [6.45, 7) is 4.18. The number of nitrogens with zero attached hydrogens (tertiary/aromatic N) is 3. The van der Waals surface area contributed by atoms with Crippen molar-refractivity contribution in [2.45, 2.75) is 20.8 Å². The zero-order chi connectivity index (χ0) is 32.5. The molecule has 0 spiro atoms. The van der Waals surface area contributed by atoms with Gasteiger partial charge in [-0.25, -0.2) is 0 Å². The van der Waals surface area contributed by atoms with Crippen LogP contribution in [0.3, 0.4) is 0 Å². The third kappa shape index (κ3) is 8.53. The average molecular weight is 805 g/mol. The second kappa shape index (κ2) is 16.6. The molecule has 0 aliphatic heterocycles. The summed E-state index contributed by atoms with van der Waals surface area (Å²) in [4.78, 5) is 12.0. The van der Waals surface area contributed by atoms with Crippen LogP contribution in [0.15, 0.2) is 91.4 Å². The van der Waals surface area contributed by atoms with Gasteiger partial charge in [0.1, 0.15) is 0 Å². The molecule has 0 radical (unpaired) electrons. The van der Waals surface area contributed by atoms with Gasteiger partial charge < -0.3 is 15.0 Å². The van der Waals surface area contributed by atoms with Gasteiger partial charge in [-0.3, -0.25) is 26.3 Å². The summed E-state index contributed by atoms with van der Waals surface area (Å²) in [5.74, 6) is -3.58. The van der Waals surface area contributed by atoms with E-state index in [4.69, 9.17) is 0 Å². The van der Waals surface area contributed by atoms with Crippen molar-refractivity contribution >= 4 is 0 Å². The van der Waals surface area contributed by atoms with E-state index in [0.717, 1.165) is 18.2 Å². The fourth-order valence-corrected chi connectivity index (χ4v) is 3.89. The van der Waals surface area contributed by atoms with Gasteiger partial charge in [-0.2, -0.15) is 0 Å². The SMILES string of the molecule is Cc1c(F)c[c-]c(-c2ccccn2)c1F.Cc1c(F)c[c-]c(-c2ccccn2)c1F.Cc1c(F)c[c-]c(-c2ccccn2)c1F.[Ir+3]. The monoisotopic (exact) mass is 805 g/mol. The Hall–Kier alpha value is -4.66. The van der Waals surface area contributed by atoms with E-state index in [1.165, 1.54) is 20.8 Å². The van der Waals surface area contributed by atoms with Gasteiger partial charge >= 0.3 is 20.1 Å². The van der Waals surface area contributed by atoms with Crippen LogP contribution in [0.1, 0.15) is 16.7 Å². The molecular formula is C36H24F6IrN3. The van der Waals surface area contributed by atoms with Crippen molar-refractivity contribution in [1.29, 1.82) is 0 Å². The topological polar surface area (TPSA) is 38.7 Å². The molecule has 3 nitrogen and oxygen atoms in total. The van der Waals surface area contributed by atoms with Crippen molar-refractivity contribution in [2.24, 2.45) is 0 Å². The summed E-state index contributed by atoms with van der Waals surface area (Å²) < 4.78 is 79.9. The summed E-state index contributed by atoms with van der Waals surface area (Å²) in [7, 11) is 0. The largest absolute Gasteiger partial charge is 3.00 e. The number of aromatic nitrogens is 3. The van der Waals surface area contributed by atoms with Gasteiger partial charge in [0.05, 0.1) is 0 Å². The maximum atomic E-state index is 13.6. The fourth-order valence-electron chi connectivity index (χ4n) is 3.89. The van der Waals surface area contributed by atoms with Crippen molar-refractivity contribution in [2.75, 3.05) is 0 Å². The first-order chi connectivity index (χ1) is 21.6. The Morgan fingerprint density at radius 1 is 0.435 bits per heavy atom. The van der Waals surface area contributed by atoms with E-state index in [1.807, 2.05) is 0 Å². The minimum atomic E-state index is -0.603. The van der Waals surface area contributed by atoms with E-state index < -0.39 is 34.9 Å². The number of hydrogen-bond donors (Lipinski definition) is 0. The second-order valence-corrected chi connectivity index (χ2v) is 9.50. The van der Waals surface area contributed by atoms with Crippen LogP contribution in [0, 0.1) is 73.9 Å². The van der Waals surface area contributed by atoms with Gasteiger partial charge in [0.15, 0.2) is 0 Å². The van der Waals surface area contributed by atoms with Crippen LogP contribution in [-0.2, 0) is 20.1 Å². The maximum Gasteiger partial charge on any atom is 3.00 e. The summed E-state index contributed by atoms with van der Waals surface area (Å²) in [6.07, 6.45) is 4.67. The van der Waals surface area contributed by atoms with Gasteiger partial charge in [-0.05, 0) is 35.3 Å². The predicted octanol–water partition coefficient (Wildman–Crippen LogP) is 9.40. The molecule has 0 aliphatic rings. The van der Waals surface area contributed by atoms with Gasteiger partial charge in [-0.1, -0.05) is 90.6 Å². The number of pyridine rings is 3. The Labute approximate surface area is 276 Å². The third-order valence-electron chi connectivity index (χ3n) is 6.51. The van der Waals surface area contributed by atoms with E-state index in [0.29, 0.717) is 17.1 Å². The first-order valence-corrected chi connectivity index (χ1v) is 13.4. The molecule has 6 aromatic rings. The summed E-state index contributed by atoms with van der Waals surface area (Å²) in [5.41, 5.74) is 1.96. The molecule has 10 heteroatoms. The van der Waals surface area contributed by atoms with Crippen molar-refractivity contribution in [3.05, 3.63) is 161 Å². The van der Waals surface area contributed by atoms with Gasteiger partial charge in [-0.15, -0.1) is 36.4 Å². The van der Waals surface area contributed by atoms with Crippen molar-refractivity contribution in [3.8, 4) is 33.8 Å². The number of halogens is 6. The van der Waals surface area contributed by atoms with Crippen LogP contribution in [0.2, 0.25) is 0 Å². The smallest absolute Gasteiger partial charge is 0.305 e. The molecule has 3 aromatic heterocycles. The van der Waals surface area contributed by atoms with Crippen molar-refractivity contribution in [1.82, 2.24) is 15.0 Å². The summed E-state index contributed by atoms with van der Waals surface area (Å²) in [5, 5.41) is 0. The molecule has 0 fully saturated rings. The van der Waals surface area contributed by atoms with Crippen LogP contribution in [0.5, 0.6) is 0 Å². The zero-order valence-electron chi connectivity index (χ0n) is 24.6. The van der Waals surface area contributed by atoms with Gasteiger partial charge in [0.2, 0.25) is 0 Å². The van der Waals surface area contributed by atoms with E-state index in [9.17, 15) is 26.3 Å². The van der Waals surface area contributed by atoms with Crippen LogP contribution in [0.25, 0.3) is 33.8 Å². The normalized spacial score (nSPS) is 10.1. The fraction of sp³-hybridized carbons (Fsp3) is 0.0833. The Balaban J connectivity index is 0.000000186. The first-order valence-electron chi connectivity index (χ1n) is 13.4. The zero-order valence-corrected chi connectivity index (χ0v) is 27.0. The molecule has 3 aromatic carbocycles. The minimum absolute atomic E-state index is 0. The van der Waals surface area contributed by atoms with Crippen LogP contribution >= 0.6 is 0 Å². The molecule has 0 saturated carbocycles. The quantitative estimate of drug-likeness (QED) is 0.132. The molecule has 0 unspecified atom stereocenters. The molecule has 3 heterocycles. The minimum Gasteiger partial charge on any atom is -0.305 e. The van der Waals surface area contributed by atoms with Crippen molar-refractivity contribution in [3.63, 3.8) is 0 Å². The summed E-state index contributed by atoms with van der Waals surface area (Å²) >= 11 is 0. The molecule has 234 valence electrons. The molecule has 46 heavy (non-hydrogen) atoms. The van der Waals surface area contributed by atoms with Crippen LogP contribution in [0.4, 0.5) is 26.3 Å². The maximum absolute atomic E-state index is 13.6. The van der Waals surface area contributed by atoms with E-state index in [2.05, 4.69) is 33.2 Å². The van der Waals surface area contributed by atoms with E-state index in [-0.39, 0.29) is 53.5 Å². The Morgan fingerprint density at radius 3 is 0.913 bits per heavy atom. The molecule has 0 atom stereocenters. The van der Waals surface area contributed by atoms with E-state index >= 15 is 0 Å². The van der Waals surface area contributed by atoms with Gasteiger partial charge in [0, 0.05) is 53.5 Å². The number of benzene rings is 3. The molecule has 0 aliphatic carbocycles. The molecule has 0 saturated heterocycles. The van der Waals surface area contributed by atoms with Crippen molar-refractivity contribution < 1.29 is 46.4 Å². The predicted molar refractivity (Wildman–Crippen MR) is 159 cm³/mol. The second-order valence-electron chi connectivity index (χ2n) is 9.50. The van der Waals surface area contributed by atoms with Crippen LogP contribution < -0.4 is 0 Å². The summed E-state index contributed by atoms with van der Waals surface area (Å²) in [6, 6.07) is 26.4. The molecule has 0 bridgehead atoms. The Kier molecular flexibility index (Phi) is 12.9. The number of hydrogen-bond acceptors (Lipinski definition) is 3. The average Bonchev–Trinajstić information content (AvgIpc) is 3.07. The van der Waals surface area contributed by atoms with E-state index in [1.54, 1.807) is 73.2 Å². The third-order valence-corrected chi connectivity index (χ3v) is 6.51. The number of rotatable bonds is 3. The Morgan fingerprint density at radius 2 is 0.696 bits per heavy atom. The molecular weight excluding hydrogens is 781 g/mol. The standard InChI is InChI=1S/3C12H8F2N.Ir/c3*1-8-10(13)6-5-9(12(8)14)11-4-2-3-7-15-11;/h3*2-4,6-7H,1H3;/q3*-1;+3. The molecule has 0 amide bonds.